The van der Waals surface area contributed by atoms with Gasteiger partial charge in [0.05, 0.1) is 27.3 Å². The molecule has 0 saturated carbocycles. The number of nitrogens with zero attached hydrogens (tertiary/aromatic N) is 3. The van der Waals surface area contributed by atoms with E-state index in [9.17, 15) is 18.5 Å². The van der Waals surface area contributed by atoms with Crippen molar-refractivity contribution in [1.82, 2.24) is 9.78 Å². The fraction of sp³-hybridized carbons (Fsp3) is 0.105. The lowest BCUT2D eigenvalue weighted by molar-refractivity contribution is 0.590. The molecule has 136 valence electrons. The Bertz CT molecular complexity index is 1180. The van der Waals surface area contributed by atoms with E-state index in [0.717, 1.165) is 10.2 Å². The maximum atomic E-state index is 12.9. The summed E-state index contributed by atoms with van der Waals surface area (Å²) < 4.78 is 27.0. The second-order valence-corrected chi connectivity index (χ2v) is 8.66. The average Bonchev–Trinajstić information content (AvgIpc) is 2.66. The molecular weight excluding hydrogens is 430 g/mol. The van der Waals surface area contributed by atoms with Gasteiger partial charge in [-0.15, -0.1) is 0 Å². The predicted molar refractivity (Wildman–Crippen MR) is 104 cm³/mol. The maximum Gasteiger partial charge on any atom is 0.286 e. The molecule has 0 N–H and O–H groups in total. The number of para-hydroxylation sites is 1. The van der Waals surface area contributed by atoms with Crippen molar-refractivity contribution in [3.05, 3.63) is 86.7 Å². The summed E-state index contributed by atoms with van der Waals surface area (Å²) in [5.41, 5.74) is 0.897. The quantitative estimate of drug-likeness (QED) is 0.616. The van der Waals surface area contributed by atoms with Crippen LogP contribution in [0, 0.1) is 18.3 Å². The number of sulfone groups is 1. The van der Waals surface area contributed by atoms with Crippen molar-refractivity contribution in [3.63, 3.8) is 0 Å². The summed E-state index contributed by atoms with van der Waals surface area (Å²) in [7, 11) is -4.02. The van der Waals surface area contributed by atoms with E-state index in [-0.39, 0.29) is 14.9 Å². The first-order chi connectivity index (χ1) is 12.9. The molecule has 0 radical (unpaired) electrons. The molecule has 8 heteroatoms. The Balaban J connectivity index is 2.12. The third-order valence-corrected chi connectivity index (χ3v) is 6.71. The first-order valence-electron chi connectivity index (χ1n) is 7.89. The lowest BCUT2D eigenvalue weighted by Gasteiger charge is -2.14. The van der Waals surface area contributed by atoms with E-state index in [1.165, 1.54) is 18.3 Å². The molecular formula is C19H14BrN3O3S. The highest BCUT2D eigenvalue weighted by Crippen LogP contribution is 2.31. The topological polar surface area (TPSA) is 92.8 Å². The molecule has 6 nitrogen and oxygen atoms in total. The first-order valence-corrected chi connectivity index (χ1v) is 10.2. The molecule has 0 amide bonds. The number of aromatic nitrogens is 2. The van der Waals surface area contributed by atoms with Crippen LogP contribution in [0.4, 0.5) is 0 Å². The fourth-order valence-corrected chi connectivity index (χ4v) is 4.64. The van der Waals surface area contributed by atoms with Gasteiger partial charge in [-0.2, -0.15) is 15.0 Å². The molecule has 0 spiro atoms. The monoisotopic (exact) mass is 443 g/mol. The van der Waals surface area contributed by atoms with E-state index >= 15 is 0 Å². The number of nitriles is 1. The predicted octanol–water partition coefficient (Wildman–Crippen LogP) is 3.34. The molecule has 1 atom stereocenters. The Morgan fingerprint density at radius 2 is 1.74 bits per heavy atom. The van der Waals surface area contributed by atoms with Gasteiger partial charge < -0.3 is 0 Å². The second kappa shape index (κ2) is 7.47. The Hall–Kier alpha value is -2.76. The van der Waals surface area contributed by atoms with Gasteiger partial charge in [-0.25, -0.2) is 8.42 Å². The molecule has 27 heavy (non-hydrogen) atoms. The Labute approximate surface area is 164 Å². The standard InChI is InChI=1S/C19H14BrN3O3S/c1-13-7-9-15(10-8-13)27(25,26)17(11-21)16-12-22-23(19(24)18(16)20)14-5-3-2-4-6-14/h2-10,12,17H,1H3/t17-/m0/s1. The third-order valence-electron chi connectivity index (χ3n) is 4.01. The largest absolute Gasteiger partial charge is 0.286 e. The van der Waals surface area contributed by atoms with Gasteiger partial charge in [-0.05, 0) is 47.1 Å². The Morgan fingerprint density at radius 3 is 2.33 bits per heavy atom. The van der Waals surface area contributed by atoms with Gasteiger partial charge >= 0.3 is 0 Å². The lowest BCUT2D eigenvalue weighted by atomic mass is 10.2. The molecule has 3 rings (SSSR count). The number of rotatable bonds is 4. The van der Waals surface area contributed by atoms with Gasteiger partial charge in [0.25, 0.3) is 5.56 Å². The normalized spacial score (nSPS) is 12.3. The van der Waals surface area contributed by atoms with Crippen LogP contribution in [-0.2, 0) is 9.84 Å². The summed E-state index contributed by atoms with van der Waals surface area (Å²) >= 11 is 3.16. The van der Waals surface area contributed by atoms with E-state index in [2.05, 4.69) is 21.0 Å². The summed E-state index contributed by atoms with van der Waals surface area (Å²) in [6.07, 6.45) is 1.23. The summed E-state index contributed by atoms with van der Waals surface area (Å²) in [5, 5.41) is 12.0. The second-order valence-electron chi connectivity index (χ2n) is 5.83. The molecule has 3 aromatic rings. The minimum atomic E-state index is -4.02. The van der Waals surface area contributed by atoms with Crippen LogP contribution in [0.1, 0.15) is 16.4 Å². The van der Waals surface area contributed by atoms with Gasteiger partial charge in [0.2, 0.25) is 0 Å². The van der Waals surface area contributed by atoms with Crippen LogP contribution < -0.4 is 5.56 Å². The smallest absolute Gasteiger partial charge is 0.266 e. The Morgan fingerprint density at radius 1 is 1.11 bits per heavy atom. The molecule has 1 aromatic heterocycles. The molecule has 0 saturated heterocycles. The van der Waals surface area contributed by atoms with Crippen molar-refractivity contribution in [2.45, 2.75) is 17.1 Å². The van der Waals surface area contributed by atoms with Crippen molar-refractivity contribution in [1.29, 1.82) is 5.26 Å². The van der Waals surface area contributed by atoms with Crippen molar-refractivity contribution < 1.29 is 8.42 Å². The van der Waals surface area contributed by atoms with Crippen molar-refractivity contribution in [2.75, 3.05) is 0 Å². The molecule has 2 aromatic carbocycles. The van der Waals surface area contributed by atoms with Crippen LogP contribution in [0.5, 0.6) is 0 Å². The minimum absolute atomic E-state index is 0.00950. The molecule has 0 aliphatic heterocycles. The van der Waals surface area contributed by atoms with Crippen LogP contribution in [0.2, 0.25) is 0 Å². The van der Waals surface area contributed by atoms with Crippen molar-refractivity contribution >= 4 is 25.8 Å². The van der Waals surface area contributed by atoms with Gasteiger partial charge in [-0.3, -0.25) is 4.79 Å². The van der Waals surface area contributed by atoms with Crippen LogP contribution in [-0.4, -0.2) is 18.2 Å². The molecule has 0 aliphatic rings. The summed E-state index contributed by atoms with van der Waals surface area (Å²) in [6.45, 7) is 1.84. The fourth-order valence-electron chi connectivity index (χ4n) is 2.55. The highest BCUT2D eigenvalue weighted by Gasteiger charge is 2.32. The van der Waals surface area contributed by atoms with E-state index in [1.54, 1.807) is 48.5 Å². The van der Waals surface area contributed by atoms with Crippen LogP contribution in [0.3, 0.4) is 0 Å². The number of aryl methyl sites for hydroxylation is 1. The maximum absolute atomic E-state index is 12.9. The van der Waals surface area contributed by atoms with Crippen LogP contribution >= 0.6 is 15.9 Å². The van der Waals surface area contributed by atoms with Gasteiger partial charge in [0.1, 0.15) is 0 Å². The van der Waals surface area contributed by atoms with E-state index in [1.807, 2.05) is 6.92 Å². The van der Waals surface area contributed by atoms with Crippen LogP contribution in [0.25, 0.3) is 5.69 Å². The summed E-state index contributed by atoms with van der Waals surface area (Å²) in [4.78, 5) is 12.7. The SMILES string of the molecule is Cc1ccc(S(=O)(=O)[C@@H](C#N)c2cnn(-c3ccccc3)c(=O)c2Br)cc1. The number of hydrogen-bond donors (Lipinski definition) is 0. The molecule has 0 unspecified atom stereocenters. The van der Waals surface area contributed by atoms with Crippen molar-refractivity contribution in [3.8, 4) is 11.8 Å². The van der Waals surface area contributed by atoms with E-state index in [0.29, 0.717) is 5.69 Å². The number of halogens is 1. The zero-order valence-electron chi connectivity index (χ0n) is 14.2. The van der Waals surface area contributed by atoms with Crippen LogP contribution in [0.15, 0.2) is 75.0 Å². The zero-order valence-corrected chi connectivity index (χ0v) is 16.6. The highest BCUT2D eigenvalue weighted by molar-refractivity contribution is 9.10. The third kappa shape index (κ3) is 3.56. The Kier molecular flexibility index (Phi) is 5.26. The average molecular weight is 444 g/mol. The number of benzene rings is 2. The molecule has 0 aliphatic carbocycles. The molecule has 0 bridgehead atoms. The minimum Gasteiger partial charge on any atom is -0.266 e. The van der Waals surface area contributed by atoms with Gasteiger partial charge in [-0.1, -0.05) is 35.9 Å². The van der Waals surface area contributed by atoms with Crippen molar-refractivity contribution in [2.24, 2.45) is 0 Å². The number of hydrogen-bond acceptors (Lipinski definition) is 5. The van der Waals surface area contributed by atoms with Gasteiger partial charge in [0, 0.05) is 5.56 Å². The first kappa shape index (κ1) is 19.0. The summed E-state index contributed by atoms with van der Waals surface area (Å²) in [5.74, 6) is 0. The lowest BCUT2D eigenvalue weighted by Crippen LogP contribution is -2.25. The highest BCUT2D eigenvalue weighted by atomic mass is 79.9. The molecule has 1 heterocycles. The van der Waals surface area contributed by atoms with Gasteiger partial charge in [0.15, 0.2) is 15.1 Å². The summed E-state index contributed by atoms with van der Waals surface area (Å²) in [6, 6.07) is 16.7. The molecule has 0 fully saturated rings. The van der Waals surface area contributed by atoms with E-state index in [4.69, 9.17) is 0 Å². The van der Waals surface area contributed by atoms with E-state index < -0.39 is 20.6 Å². The zero-order chi connectivity index (χ0) is 19.6.